The van der Waals surface area contributed by atoms with Crippen LogP contribution in [-0.4, -0.2) is 17.1 Å². The fourth-order valence-electron chi connectivity index (χ4n) is 0. The maximum atomic E-state index is 10.2. The Morgan fingerprint density at radius 2 is 1.17 bits per heavy atom. The van der Waals surface area contributed by atoms with Crippen molar-refractivity contribution in [1.29, 1.82) is 0 Å². The predicted octanol–water partition coefficient (Wildman–Crippen LogP) is 3.02. The molecule has 1 nitrogen and oxygen atoms in total. The van der Waals surface area contributed by atoms with E-state index in [4.69, 9.17) is 0 Å². The Bertz CT molecular complexity index is 56.9. The molecule has 0 aromatic rings. The van der Waals surface area contributed by atoms with Crippen LogP contribution in [0.3, 0.4) is 0 Å². The minimum absolute atomic E-state index is 0. The molecule has 0 aliphatic carbocycles. The molecule has 0 bridgehead atoms. The smallest absolute Gasteiger partial charge is 0.252 e. The minimum atomic E-state index is -1.73. The van der Waals surface area contributed by atoms with E-state index in [1.807, 2.05) is 66.1 Å². The van der Waals surface area contributed by atoms with Crippen LogP contribution in [0.25, 0.3) is 0 Å². The summed E-state index contributed by atoms with van der Waals surface area (Å²) in [4.78, 5) is 0. The Morgan fingerprint density at radius 1 is 1.17 bits per heavy atom. The zero-order valence-electron chi connectivity index (χ0n) is 2.40. The van der Waals surface area contributed by atoms with E-state index in [0.717, 1.165) is 0 Å². The summed E-state index contributed by atoms with van der Waals surface area (Å²) in [6.45, 7) is 0. The molecule has 0 saturated heterocycles. The van der Waals surface area contributed by atoms with Crippen molar-refractivity contribution in [3.8, 4) is 0 Å². The van der Waals surface area contributed by atoms with Crippen molar-refractivity contribution >= 4 is 83.3 Å². The maximum Gasteiger partial charge on any atom is 0.252 e. The quantitative estimate of drug-likeness (QED) is 0.281. The monoisotopic (exact) mass is 508 g/mol. The summed E-state index contributed by atoms with van der Waals surface area (Å²) in [5.74, 6) is 0. The summed E-state index contributed by atoms with van der Waals surface area (Å²) < 4.78 is 8.45. The zero-order valence-corrected chi connectivity index (χ0v) is 11.5. The van der Waals surface area contributed by atoms with Crippen LogP contribution in [0.1, 0.15) is 0 Å². The molecule has 38 valence electrons. The van der Waals surface area contributed by atoms with E-state index in [1.54, 1.807) is 0 Å². The van der Waals surface area contributed by atoms with Crippen molar-refractivity contribution in [2.45, 2.75) is 0 Å². The molecule has 0 spiro atoms. The molecule has 0 amide bonds. The molecule has 0 unspecified atom stereocenters. The Kier molecular flexibility index (Phi) is 9.33. The van der Waals surface area contributed by atoms with Crippen molar-refractivity contribution < 1.29 is 4.57 Å². The van der Waals surface area contributed by atoms with Crippen LogP contribution in [0.4, 0.5) is 0 Å². The SMILES string of the molecule is O=P(I)(I)I.[Se]. The van der Waals surface area contributed by atoms with Crippen molar-refractivity contribution in [1.82, 2.24) is 0 Å². The minimum Gasteiger partial charge on any atom is -0.291 e. The van der Waals surface area contributed by atoms with E-state index >= 15 is 0 Å². The maximum absolute atomic E-state index is 10.2. The Morgan fingerprint density at radius 3 is 1.17 bits per heavy atom. The van der Waals surface area contributed by atoms with Crippen LogP contribution < -0.4 is 0 Å². The molecule has 6 heavy (non-hydrogen) atoms. The van der Waals surface area contributed by atoms with Gasteiger partial charge in [-0.05, 0) is 0 Å². The molecule has 0 aromatic carbocycles. The number of rotatable bonds is 0. The van der Waals surface area contributed by atoms with Gasteiger partial charge in [-0.25, -0.2) is 0 Å². The van der Waals surface area contributed by atoms with E-state index in [2.05, 4.69) is 0 Å². The molecule has 0 fully saturated rings. The average molecular weight is 507 g/mol. The van der Waals surface area contributed by atoms with Gasteiger partial charge < -0.3 is 0 Å². The molecule has 0 saturated carbocycles. The molecule has 0 rings (SSSR count). The summed E-state index contributed by atoms with van der Waals surface area (Å²) >= 11 is 5.72. The zero-order chi connectivity index (χ0) is 4.50. The Balaban J connectivity index is 0. The van der Waals surface area contributed by atoms with Gasteiger partial charge in [0.2, 0.25) is 0 Å². The molecular weight excluding hydrogens is 507 g/mol. The molecule has 0 aromatic heterocycles. The summed E-state index contributed by atoms with van der Waals surface area (Å²) in [5.41, 5.74) is 0. The van der Waals surface area contributed by atoms with Crippen LogP contribution in [0.15, 0.2) is 0 Å². The van der Waals surface area contributed by atoms with Crippen molar-refractivity contribution in [2.24, 2.45) is 0 Å². The van der Waals surface area contributed by atoms with Gasteiger partial charge in [0.25, 0.3) is 0.0694 Å². The van der Waals surface area contributed by atoms with Crippen LogP contribution in [0, 0.1) is 0 Å². The van der Waals surface area contributed by atoms with Crippen LogP contribution in [0.5, 0.6) is 0 Å². The molecule has 0 N–H and O–H groups in total. The second-order valence-corrected chi connectivity index (χ2v) is 30.0. The first kappa shape index (κ1) is 11.7. The standard InChI is InChI=1S/I3OP.Se/c1-5(2,3)4;. The second kappa shape index (κ2) is 4.78. The van der Waals surface area contributed by atoms with Crippen LogP contribution in [-0.2, 0) is 4.57 Å². The first-order chi connectivity index (χ1) is 2.00. The van der Waals surface area contributed by atoms with Gasteiger partial charge >= 0.3 is 0 Å². The Hall–Kier alpha value is 2.94. The number of halogens is 3. The van der Waals surface area contributed by atoms with Gasteiger partial charge in [-0.3, -0.25) is 4.57 Å². The third kappa shape index (κ3) is 28.3. The van der Waals surface area contributed by atoms with Crippen LogP contribution >= 0.6 is 66.2 Å². The van der Waals surface area contributed by atoms with Gasteiger partial charge in [0.15, 0.2) is 0 Å². The molecule has 6 heteroatoms. The third-order valence-electron chi connectivity index (χ3n) is 0. The Labute approximate surface area is 86.1 Å². The largest absolute Gasteiger partial charge is 0.291 e. The fourth-order valence-corrected chi connectivity index (χ4v) is 0. The van der Waals surface area contributed by atoms with Gasteiger partial charge in [0.05, 0.1) is 0 Å². The first-order valence-corrected chi connectivity index (χ1v) is 10.8. The molecule has 2 radical (unpaired) electrons. The van der Waals surface area contributed by atoms with Crippen molar-refractivity contribution in [2.75, 3.05) is 0 Å². The van der Waals surface area contributed by atoms with Gasteiger partial charge in [0, 0.05) is 83.2 Å². The van der Waals surface area contributed by atoms with Gasteiger partial charge in [0.1, 0.15) is 0 Å². The average Bonchev–Trinajstić information content (AvgIpc) is 0.722. The van der Waals surface area contributed by atoms with Crippen molar-refractivity contribution in [3.63, 3.8) is 0 Å². The predicted molar refractivity (Wildman–Crippen MR) is 55.4 cm³/mol. The molecule has 0 atom stereocenters. The van der Waals surface area contributed by atoms with Crippen LogP contribution in [0.2, 0.25) is 0 Å². The van der Waals surface area contributed by atoms with E-state index in [0.29, 0.717) is 0 Å². The van der Waals surface area contributed by atoms with Gasteiger partial charge in [-0.1, -0.05) is 0 Å². The number of hydrogen-bond acceptors (Lipinski definition) is 1. The van der Waals surface area contributed by atoms with Crippen molar-refractivity contribution in [3.05, 3.63) is 0 Å². The number of hydrogen-bond donors (Lipinski definition) is 0. The molecule has 0 aliphatic rings. The first-order valence-electron chi connectivity index (χ1n) is 0.690. The fraction of sp³-hybridized carbons (Fsp3) is 0. The molecular formula is I3OPSe. The normalized spacial score (nSPS) is 9.83. The summed E-state index contributed by atoms with van der Waals surface area (Å²) in [5, 5.41) is 0. The van der Waals surface area contributed by atoms with E-state index in [1.165, 1.54) is 0 Å². The topological polar surface area (TPSA) is 17.1 Å². The van der Waals surface area contributed by atoms with E-state index < -0.39 is 0.0694 Å². The van der Waals surface area contributed by atoms with Gasteiger partial charge in [-0.15, -0.1) is 0 Å². The molecule has 0 aliphatic heterocycles. The molecule has 0 heterocycles. The summed E-state index contributed by atoms with van der Waals surface area (Å²) in [6, 6.07) is 0. The van der Waals surface area contributed by atoms with Gasteiger partial charge in [-0.2, -0.15) is 0 Å². The second-order valence-electron chi connectivity index (χ2n) is 0.399. The third-order valence-corrected chi connectivity index (χ3v) is 0. The summed E-state index contributed by atoms with van der Waals surface area (Å²) in [7, 11) is 0. The van der Waals surface area contributed by atoms with E-state index in [-0.39, 0.29) is 17.1 Å². The van der Waals surface area contributed by atoms with E-state index in [9.17, 15) is 4.57 Å². The summed E-state index contributed by atoms with van der Waals surface area (Å²) in [6.07, 6.45) is 0.